The summed E-state index contributed by atoms with van der Waals surface area (Å²) in [5.41, 5.74) is 4.21. The molecule has 0 fully saturated rings. The summed E-state index contributed by atoms with van der Waals surface area (Å²) in [6.45, 7) is 2.29. The Labute approximate surface area is 202 Å². The van der Waals surface area contributed by atoms with E-state index in [4.69, 9.17) is 4.74 Å². The average Bonchev–Trinajstić information content (AvgIpc) is 3.41. The van der Waals surface area contributed by atoms with Crippen LogP contribution in [0.1, 0.15) is 33.1 Å². The number of aryl methyl sites for hydroxylation is 1. The van der Waals surface area contributed by atoms with E-state index in [1.54, 1.807) is 30.3 Å². The average molecular weight is 468 g/mol. The molecule has 5 rings (SSSR count). The van der Waals surface area contributed by atoms with Gasteiger partial charge in [-0.2, -0.15) is 0 Å². The number of aliphatic hydroxyl groups is 1. The standard InChI is InChI=1S/C28H25N3O4/c1-17-5-7-18(8-6-17)25-24(26(32)20-4-3-12-29-15-20)27(33)28(34)31(25)13-11-19-16-30-23-10-9-21(35-2)14-22(19)23/h3-10,12,14-16,25,30,33H,11,13H2,1-2H3. The highest BCUT2D eigenvalue weighted by Crippen LogP contribution is 2.39. The number of benzene rings is 2. The van der Waals surface area contributed by atoms with Crippen LogP contribution in [0.3, 0.4) is 0 Å². The maximum absolute atomic E-state index is 13.4. The second-order valence-corrected chi connectivity index (χ2v) is 8.62. The van der Waals surface area contributed by atoms with Crippen molar-refractivity contribution in [1.29, 1.82) is 0 Å². The van der Waals surface area contributed by atoms with E-state index in [-0.39, 0.29) is 5.57 Å². The first-order valence-electron chi connectivity index (χ1n) is 11.4. The van der Waals surface area contributed by atoms with Gasteiger partial charge in [-0.25, -0.2) is 0 Å². The summed E-state index contributed by atoms with van der Waals surface area (Å²) < 4.78 is 5.36. The first-order valence-corrected chi connectivity index (χ1v) is 11.4. The minimum absolute atomic E-state index is 0.0763. The summed E-state index contributed by atoms with van der Waals surface area (Å²) >= 11 is 0. The first kappa shape index (κ1) is 22.4. The molecule has 3 heterocycles. The first-order chi connectivity index (χ1) is 17.0. The Kier molecular flexibility index (Phi) is 5.82. The van der Waals surface area contributed by atoms with E-state index in [9.17, 15) is 14.7 Å². The number of carbonyl (C=O) groups excluding carboxylic acids is 2. The lowest BCUT2D eigenvalue weighted by molar-refractivity contribution is -0.129. The molecule has 1 aliphatic heterocycles. The molecule has 2 aromatic heterocycles. The van der Waals surface area contributed by atoms with Gasteiger partial charge in [-0.15, -0.1) is 0 Å². The smallest absolute Gasteiger partial charge is 0.290 e. The quantitative estimate of drug-likeness (QED) is 0.384. The predicted octanol–water partition coefficient (Wildman–Crippen LogP) is 4.70. The zero-order valence-corrected chi connectivity index (χ0v) is 19.5. The van der Waals surface area contributed by atoms with E-state index >= 15 is 0 Å². The van der Waals surface area contributed by atoms with Crippen molar-refractivity contribution in [1.82, 2.24) is 14.9 Å². The molecule has 0 saturated carbocycles. The topological polar surface area (TPSA) is 95.5 Å². The third-order valence-corrected chi connectivity index (χ3v) is 6.46. The third kappa shape index (κ3) is 4.05. The number of aromatic nitrogens is 2. The molecule has 0 spiro atoms. The molecular formula is C28H25N3O4. The van der Waals surface area contributed by atoms with Crippen LogP contribution in [0.15, 0.2) is 84.5 Å². The second-order valence-electron chi connectivity index (χ2n) is 8.62. The molecule has 0 bridgehead atoms. The van der Waals surface area contributed by atoms with Gasteiger partial charge in [0.1, 0.15) is 5.75 Å². The number of Topliss-reactive ketones (excluding diaryl/α,β-unsaturated/α-hetero) is 1. The monoisotopic (exact) mass is 467 g/mol. The maximum atomic E-state index is 13.4. The van der Waals surface area contributed by atoms with Crippen molar-refractivity contribution < 1.29 is 19.4 Å². The molecule has 2 N–H and O–H groups in total. The van der Waals surface area contributed by atoms with Crippen molar-refractivity contribution in [3.63, 3.8) is 0 Å². The number of H-pyrrole nitrogens is 1. The van der Waals surface area contributed by atoms with Gasteiger partial charge in [0.25, 0.3) is 5.91 Å². The molecule has 176 valence electrons. The van der Waals surface area contributed by atoms with Gasteiger partial charge in [-0.3, -0.25) is 14.6 Å². The van der Waals surface area contributed by atoms with Crippen molar-refractivity contribution in [2.24, 2.45) is 0 Å². The van der Waals surface area contributed by atoms with Gasteiger partial charge in [-0.1, -0.05) is 29.8 Å². The van der Waals surface area contributed by atoms with Gasteiger partial charge < -0.3 is 19.7 Å². The minimum atomic E-state index is -0.699. The Morgan fingerprint density at radius 2 is 1.97 bits per heavy atom. The molecule has 2 aromatic carbocycles. The summed E-state index contributed by atoms with van der Waals surface area (Å²) in [6, 6.07) is 16.0. The largest absolute Gasteiger partial charge is 0.503 e. The molecule has 0 radical (unpaired) electrons. The normalized spacial score (nSPS) is 15.8. The number of pyridine rings is 1. The summed E-state index contributed by atoms with van der Waals surface area (Å²) in [5.74, 6) is -0.726. The highest BCUT2D eigenvalue weighted by atomic mass is 16.5. The van der Waals surface area contributed by atoms with Crippen LogP contribution in [0, 0.1) is 6.92 Å². The number of carbonyl (C=O) groups is 2. The van der Waals surface area contributed by atoms with Gasteiger partial charge in [0.05, 0.1) is 18.7 Å². The molecule has 7 nitrogen and oxygen atoms in total. The Morgan fingerprint density at radius 3 is 2.69 bits per heavy atom. The van der Waals surface area contributed by atoms with E-state index in [1.807, 2.05) is 55.6 Å². The van der Waals surface area contributed by atoms with Gasteiger partial charge in [-0.05, 0) is 54.8 Å². The highest BCUT2D eigenvalue weighted by Gasteiger charge is 2.43. The molecule has 1 amide bonds. The maximum Gasteiger partial charge on any atom is 0.290 e. The van der Waals surface area contributed by atoms with Crippen molar-refractivity contribution in [2.75, 3.05) is 13.7 Å². The van der Waals surface area contributed by atoms with Crippen LogP contribution in [-0.4, -0.2) is 45.3 Å². The molecule has 35 heavy (non-hydrogen) atoms. The van der Waals surface area contributed by atoms with Gasteiger partial charge >= 0.3 is 0 Å². The van der Waals surface area contributed by atoms with E-state index < -0.39 is 23.5 Å². The Bertz CT molecular complexity index is 1440. The Morgan fingerprint density at radius 1 is 1.17 bits per heavy atom. The molecule has 0 saturated heterocycles. The van der Waals surface area contributed by atoms with Gasteiger partial charge in [0.15, 0.2) is 11.5 Å². The van der Waals surface area contributed by atoms with Crippen molar-refractivity contribution >= 4 is 22.6 Å². The molecule has 1 aliphatic rings. The lowest BCUT2D eigenvalue weighted by Gasteiger charge is -2.27. The van der Waals surface area contributed by atoms with E-state index in [2.05, 4.69) is 9.97 Å². The van der Waals surface area contributed by atoms with Crippen molar-refractivity contribution in [2.45, 2.75) is 19.4 Å². The van der Waals surface area contributed by atoms with E-state index in [0.29, 0.717) is 18.5 Å². The molecular weight excluding hydrogens is 442 g/mol. The van der Waals surface area contributed by atoms with Crippen LogP contribution in [0.25, 0.3) is 10.9 Å². The number of aliphatic hydroxyl groups excluding tert-OH is 1. The number of nitrogens with zero attached hydrogens (tertiary/aromatic N) is 2. The summed E-state index contributed by atoms with van der Waals surface area (Å²) in [6.07, 6.45) is 5.47. The van der Waals surface area contributed by atoms with Gasteiger partial charge in [0.2, 0.25) is 0 Å². The van der Waals surface area contributed by atoms with Crippen LogP contribution in [0.2, 0.25) is 0 Å². The zero-order chi connectivity index (χ0) is 24.5. The number of aromatic amines is 1. The summed E-state index contributed by atoms with van der Waals surface area (Å²) in [7, 11) is 1.62. The van der Waals surface area contributed by atoms with Gasteiger partial charge in [0, 0.05) is 41.6 Å². The number of methoxy groups -OCH3 is 1. The third-order valence-electron chi connectivity index (χ3n) is 6.46. The molecule has 7 heteroatoms. The summed E-state index contributed by atoms with van der Waals surface area (Å²) in [5, 5.41) is 11.9. The number of nitrogens with one attached hydrogen (secondary N) is 1. The fourth-order valence-electron chi connectivity index (χ4n) is 4.60. The van der Waals surface area contributed by atoms with Crippen molar-refractivity contribution in [3.05, 3.63) is 107 Å². The zero-order valence-electron chi connectivity index (χ0n) is 19.5. The fourth-order valence-corrected chi connectivity index (χ4v) is 4.60. The molecule has 0 aliphatic carbocycles. The lowest BCUT2D eigenvalue weighted by atomic mass is 9.93. The lowest BCUT2D eigenvalue weighted by Crippen LogP contribution is -2.33. The number of rotatable bonds is 7. The van der Waals surface area contributed by atoms with E-state index in [1.165, 1.54) is 6.20 Å². The fraction of sp³-hybridized carbons (Fsp3) is 0.179. The van der Waals surface area contributed by atoms with E-state index in [0.717, 1.165) is 33.3 Å². The highest BCUT2D eigenvalue weighted by molar-refractivity contribution is 6.16. The van der Waals surface area contributed by atoms with Crippen LogP contribution in [-0.2, 0) is 11.2 Å². The number of hydrogen-bond donors (Lipinski definition) is 2. The number of ether oxygens (including phenoxy) is 1. The number of hydrogen-bond acceptors (Lipinski definition) is 5. The van der Waals surface area contributed by atoms with Crippen LogP contribution in [0.4, 0.5) is 0 Å². The van der Waals surface area contributed by atoms with Crippen LogP contribution < -0.4 is 4.74 Å². The predicted molar refractivity (Wildman–Crippen MR) is 132 cm³/mol. The number of amides is 1. The second kappa shape index (κ2) is 9.10. The van der Waals surface area contributed by atoms with Crippen molar-refractivity contribution in [3.8, 4) is 5.75 Å². The van der Waals surface area contributed by atoms with Crippen LogP contribution in [0.5, 0.6) is 5.75 Å². The summed E-state index contributed by atoms with van der Waals surface area (Å²) in [4.78, 5) is 35.5. The molecule has 1 atom stereocenters. The minimum Gasteiger partial charge on any atom is -0.503 e. The molecule has 1 unspecified atom stereocenters. The molecule has 4 aromatic rings. The Hall–Kier alpha value is -4.39. The number of fused-ring (bicyclic) bond motifs is 1. The Balaban J connectivity index is 1.51. The SMILES string of the molecule is COc1ccc2[nH]cc(CCN3C(=O)C(O)=C(C(=O)c4cccnc4)C3c3ccc(C)cc3)c2c1. The number of ketones is 1. The van der Waals surface area contributed by atoms with Crippen LogP contribution >= 0.6 is 0 Å².